The van der Waals surface area contributed by atoms with Crippen LogP contribution < -0.4 is 10.2 Å². The summed E-state index contributed by atoms with van der Waals surface area (Å²) in [5.41, 5.74) is 0.762. The van der Waals surface area contributed by atoms with Gasteiger partial charge in [-0.1, -0.05) is 13.0 Å². The van der Waals surface area contributed by atoms with Gasteiger partial charge in [-0.2, -0.15) is 0 Å². The number of nitrogens with zero attached hydrogens (tertiary/aromatic N) is 1. The van der Waals surface area contributed by atoms with Gasteiger partial charge >= 0.3 is 0 Å². The summed E-state index contributed by atoms with van der Waals surface area (Å²) in [7, 11) is 0. The Kier molecular flexibility index (Phi) is 4.94. The second-order valence-electron chi connectivity index (χ2n) is 5.40. The van der Waals surface area contributed by atoms with Crippen LogP contribution in [0.4, 0.5) is 10.1 Å². The minimum Gasteiger partial charge on any atom is -0.369 e. The van der Waals surface area contributed by atoms with Crippen LogP contribution in [0.1, 0.15) is 43.5 Å². The van der Waals surface area contributed by atoms with Gasteiger partial charge in [-0.25, -0.2) is 4.39 Å². The third kappa shape index (κ3) is 3.60. The lowest BCUT2D eigenvalue weighted by molar-refractivity contribution is -0.121. The molecule has 1 amide bonds. The summed E-state index contributed by atoms with van der Waals surface area (Å²) in [5, 5.41) is 2.97. The van der Waals surface area contributed by atoms with E-state index < -0.39 is 5.82 Å². The smallest absolute Gasteiger partial charge is 0.219 e. The molecule has 1 aromatic rings. The molecule has 0 aliphatic carbocycles. The molecule has 1 N–H and O–H groups in total. The molecule has 21 heavy (non-hydrogen) atoms. The van der Waals surface area contributed by atoms with Gasteiger partial charge in [-0.05, 0) is 31.9 Å². The Morgan fingerprint density at radius 3 is 2.86 bits per heavy atom. The molecular weight excluding hydrogens is 271 g/mol. The molecule has 4 nitrogen and oxygen atoms in total. The van der Waals surface area contributed by atoms with E-state index in [1.54, 1.807) is 12.1 Å². The van der Waals surface area contributed by atoms with Crippen LogP contribution in [0.25, 0.3) is 0 Å². The molecule has 1 aromatic carbocycles. The van der Waals surface area contributed by atoms with E-state index in [9.17, 15) is 14.0 Å². The molecule has 1 atom stereocenters. The Hall–Kier alpha value is -1.91. The van der Waals surface area contributed by atoms with Crippen LogP contribution in [0.3, 0.4) is 0 Å². The summed E-state index contributed by atoms with van der Waals surface area (Å²) in [6, 6.07) is 4.74. The van der Waals surface area contributed by atoms with Gasteiger partial charge in [0, 0.05) is 25.6 Å². The molecule has 1 unspecified atom stereocenters. The molecule has 5 heteroatoms. The maximum Gasteiger partial charge on any atom is 0.219 e. The van der Waals surface area contributed by atoms with Crippen LogP contribution in [0, 0.1) is 5.82 Å². The summed E-state index contributed by atoms with van der Waals surface area (Å²) in [6.07, 6.45) is 2.27. The lowest BCUT2D eigenvalue weighted by atomic mass is 10.0. The molecule has 1 aliphatic heterocycles. The normalized spacial score (nSPS) is 18.4. The molecule has 1 fully saturated rings. The molecule has 1 heterocycles. The van der Waals surface area contributed by atoms with Gasteiger partial charge in [0.15, 0.2) is 5.78 Å². The number of nitrogens with one attached hydrogen (secondary N) is 1. The van der Waals surface area contributed by atoms with Gasteiger partial charge in [0.05, 0.1) is 11.3 Å². The van der Waals surface area contributed by atoms with E-state index in [0.717, 1.165) is 19.4 Å². The highest BCUT2D eigenvalue weighted by atomic mass is 19.1. The largest absolute Gasteiger partial charge is 0.369 e. The zero-order chi connectivity index (χ0) is 15.4. The number of hydrogen-bond donors (Lipinski definition) is 1. The highest BCUT2D eigenvalue weighted by Gasteiger charge is 2.24. The molecule has 2 rings (SSSR count). The highest BCUT2D eigenvalue weighted by molar-refractivity contribution is 6.00. The third-order valence-corrected chi connectivity index (χ3v) is 3.79. The Labute approximate surface area is 124 Å². The summed E-state index contributed by atoms with van der Waals surface area (Å²) in [5.74, 6) is -0.740. The van der Waals surface area contributed by atoms with Crippen LogP contribution in [0.15, 0.2) is 18.2 Å². The fraction of sp³-hybridized carbons (Fsp3) is 0.500. The van der Waals surface area contributed by atoms with E-state index in [2.05, 4.69) is 5.32 Å². The van der Waals surface area contributed by atoms with Crippen molar-refractivity contribution in [2.45, 2.75) is 39.2 Å². The molecule has 0 spiro atoms. The number of carbonyl (C=O) groups is 2. The van der Waals surface area contributed by atoms with Crippen molar-refractivity contribution in [2.75, 3.05) is 18.0 Å². The Morgan fingerprint density at radius 1 is 1.43 bits per heavy atom. The second-order valence-corrected chi connectivity index (χ2v) is 5.40. The van der Waals surface area contributed by atoms with Gasteiger partial charge in [0.1, 0.15) is 5.82 Å². The van der Waals surface area contributed by atoms with Crippen molar-refractivity contribution in [3.05, 3.63) is 29.6 Å². The predicted octanol–water partition coefficient (Wildman–Crippen LogP) is 2.52. The standard InChI is InChI=1S/C16H21FN2O2/c1-3-15(21)18-12-6-5-9-19(10-12)14-8-4-7-13(17)16(14)11(2)20/h4,7-8,12H,3,5-6,9-10H2,1-2H3,(H,18,21). The number of piperidine rings is 1. The van der Waals surface area contributed by atoms with Gasteiger partial charge in [0.2, 0.25) is 5.91 Å². The van der Waals surface area contributed by atoms with E-state index in [1.165, 1.54) is 13.0 Å². The van der Waals surface area contributed by atoms with E-state index >= 15 is 0 Å². The maximum atomic E-state index is 13.9. The number of anilines is 1. The first kappa shape index (κ1) is 15.5. The van der Waals surface area contributed by atoms with Crippen LogP contribution in [0.5, 0.6) is 0 Å². The van der Waals surface area contributed by atoms with E-state index in [1.807, 2.05) is 11.8 Å². The van der Waals surface area contributed by atoms with Crippen molar-refractivity contribution < 1.29 is 14.0 Å². The highest BCUT2D eigenvalue weighted by Crippen LogP contribution is 2.26. The lowest BCUT2D eigenvalue weighted by Crippen LogP contribution is -2.48. The minimum absolute atomic E-state index is 0.0212. The summed E-state index contributed by atoms with van der Waals surface area (Å²) in [4.78, 5) is 25.2. The van der Waals surface area contributed by atoms with E-state index in [-0.39, 0.29) is 23.3 Å². The van der Waals surface area contributed by atoms with Crippen molar-refractivity contribution in [1.29, 1.82) is 0 Å². The van der Waals surface area contributed by atoms with Crippen LogP contribution in [0.2, 0.25) is 0 Å². The number of amides is 1. The average molecular weight is 292 g/mol. The first-order valence-corrected chi connectivity index (χ1v) is 7.36. The molecule has 0 aromatic heterocycles. The molecule has 0 radical (unpaired) electrons. The molecule has 1 aliphatic rings. The fourth-order valence-electron chi connectivity index (χ4n) is 2.77. The Morgan fingerprint density at radius 2 is 2.19 bits per heavy atom. The molecular formula is C16H21FN2O2. The number of Topliss-reactive ketones (excluding diaryl/α,β-unsaturated/α-hetero) is 1. The van der Waals surface area contributed by atoms with E-state index in [0.29, 0.717) is 18.7 Å². The van der Waals surface area contributed by atoms with Crippen molar-refractivity contribution in [2.24, 2.45) is 0 Å². The van der Waals surface area contributed by atoms with Crippen LogP contribution >= 0.6 is 0 Å². The first-order chi connectivity index (χ1) is 10.0. The monoisotopic (exact) mass is 292 g/mol. The van der Waals surface area contributed by atoms with Crippen molar-refractivity contribution in [3.8, 4) is 0 Å². The number of rotatable bonds is 4. The summed E-state index contributed by atoms with van der Waals surface area (Å²) in [6.45, 7) is 4.57. The Balaban J connectivity index is 2.20. The number of hydrogen-bond acceptors (Lipinski definition) is 3. The lowest BCUT2D eigenvalue weighted by Gasteiger charge is -2.35. The SMILES string of the molecule is CCC(=O)NC1CCCN(c2cccc(F)c2C(C)=O)C1. The maximum absolute atomic E-state index is 13.9. The zero-order valence-corrected chi connectivity index (χ0v) is 12.5. The fourth-order valence-corrected chi connectivity index (χ4v) is 2.77. The van der Waals surface area contributed by atoms with Crippen molar-refractivity contribution in [3.63, 3.8) is 0 Å². The predicted molar refractivity (Wildman–Crippen MR) is 80.1 cm³/mol. The van der Waals surface area contributed by atoms with Gasteiger partial charge in [-0.3, -0.25) is 9.59 Å². The van der Waals surface area contributed by atoms with Crippen LogP contribution in [-0.4, -0.2) is 30.8 Å². The molecule has 0 bridgehead atoms. The summed E-state index contributed by atoms with van der Waals surface area (Å²) < 4.78 is 13.9. The quantitative estimate of drug-likeness (QED) is 0.868. The van der Waals surface area contributed by atoms with Gasteiger partial charge < -0.3 is 10.2 Å². The first-order valence-electron chi connectivity index (χ1n) is 7.36. The van der Waals surface area contributed by atoms with Gasteiger partial charge in [0.25, 0.3) is 0 Å². The number of ketones is 1. The number of carbonyl (C=O) groups excluding carboxylic acids is 2. The zero-order valence-electron chi connectivity index (χ0n) is 12.5. The summed E-state index contributed by atoms with van der Waals surface area (Å²) >= 11 is 0. The minimum atomic E-state index is -0.486. The van der Waals surface area contributed by atoms with E-state index in [4.69, 9.17) is 0 Å². The third-order valence-electron chi connectivity index (χ3n) is 3.79. The molecule has 114 valence electrons. The Bertz CT molecular complexity index is 545. The van der Waals surface area contributed by atoms with Gasteiger partial charge in [-0.15, -0.1) is 0 Å². The van der Waals surface area contributed by atoms with Crippen molar-refractivity contribution >= 4 is 17.4 Å². The van der Waals surface area contributed by atoms with Crippen LogP contribution in [-0.2, 0) is 4.79 Å². The molecule has 1 saturated heterocycles. The second kappa shape index (κ2) is 6.70. The molecule has 0 saturated carbocycles. The van der Waals surface area contributed by atoms with Crippen molar-refractivity contribution in [1.82, 2.24) is 5.32 Å². The number of halogens is 1. The average Bonchev–Trinajstić information content (AvgIpc) is 2.46. The topological polar surface area (TPSA) is 49.4 Å². The number of benzene rings is 1.